The van der Waals surface area contributed by atoms with Crippen LogP contribution >= 0.6 is 0 Å². The highest BCUT2D eigenvalue weighted by molar-refractivity contribution is 5.84. The number of carbonyl (C=O) groups is 5. The number of ether oxygens (including phenoxy) is 7. The lowest BCUT2D eigenvalue weighted by Crippen LogP contribution is -2.65. The van der Waals surface area contributed by atoms with Crippen LogP contribution < -0.4 is 26.6 Å². The van der Waals surface area contributed by atoms with Gasteiger partial charge in [-0.05, 0) is 46.0 Å². The van der Waals surface area contributed by atoms with Gasteiger partial charge in [-0.3, -0.25) is 28.9 Å². The molecule has 80 heavy (non-hydrogen) atoms. The predicted molar refractivity (Wildman–Crippen MR) is 271 cm³/mol. The molecule has 20 atom stereocenters. The highest BCUT2D eigenvalue weighted by atomic mass is 16.7. The van der Waals surface area contributed by atoms with Gasteiger partial charge in [0.25, 0.3) is 0 Å². The first kappa shape index (κ1) is 69.0. The van der Waals surface area contributed by atoms with E-state index in [0.717, 1.165) is 0 Å². The summed E-state index contributed by atoms with van der Waals surface area (Å²) in [5, 5.41) is 148. The van der Waals surface area contributed by atoms with Gasteiger partial charge in [0.1, 0.15) is 79.4 Å². The number of carbonyl (C=O) groups excluding carboxylic acids is 5. The van der Waals surface area contributed by atoms with E-state index in [-0.39, 0.29) is 77.1 Å². The summed E-state index contributed by atoms with van der Waals surface area (Å²) >= 11 is 0. The number of rotatable bonds is 34. The number of hydrogen-bond donors (Lipinski definition) is 18. The van der Waals surface area contributed by atoms with Gasteiger partial charge in [0.05, 0.1) is 64.4 Å². The highest BCUT2D eigenvalue weighted by Gasteiger charge is 2.52. The fraction of sp³-hybridized carbons (Fsp3) is 0.898. The average Bonchev–Trinajstić information content (AvgIpc) is 3.54. The Hall–Kier alpha value is -3.49. The van der Waals surface area contributed by atoms with Crippen molar-refractivity contribution in [1.82, 2.24) is 31.5 Å². The van der Waals surface area contributed by atoms with Crippen molar-refractivity contribution in [3.05, 3.63) is 0 Å². The van der Waals surface area contributed by atoms with E-state index in [0.29, 0.717) is 51.5 Å². The lowest BCUT2D eigenvalue weighted by Gasteiger charge is -2.46. The second kappa shape index (κ2) is 35.6. The van der Waals surface area contributed by atoms with Crippen LogP contribution in [0.2, 0.25) is 0 Å². The smallest absolute Gasteiger partial charge is 0.234 e. The van der Waals surface area contributed by atoms with E-state index in [1.807, 2.05) is 6.92 Å². The summed E-state index contributed by atoms with van der Waals surface area (Å²) in [7, 11) is 0. The van der Waals surface area contributed by atoms with Gasteiger partial charge in [-0.2, -0.15) is 0 Å². The Morgan fingerprint density at radius 1 is 0.475 bits per heavy atom. The molecule has 4 aliphatic rings. The number of hydrogen-bond acceptors (Lipinski definition) is 26. The van der Waals surface area contributed by atoms with Crippen molar-refractivity contribution in [2.75, 3.05) is 85.4 Å². The quantitative estimate of drug-likeness (QED) is 0.0266. The molecule has 4 fully saturated rings. The van der Waals surface area contributed by atoms with Crippen molar-refractivity contribution in [1.29, 1.82) is 0 Å². The van der Waals surface area contributed by atoms with Crippen LogP contribution in [0.5, 0.6) is 0 Å². The molecule has 0 aromatic heterocycles. The molecule has 5 amide bonds. The molecular formula is C49H88N6O25. The van der Waals surface area contributed by atoms with E-state index < -0.39 is 167 Å². The molecule has 0 unspecified atom stereocenters. The van der Waals surface area contributed by atoms with Crippen LogP contribution in [-0.4, -0.2) is 303 Å². The molecule has 0 bridgehead atoms. The summed E-state index contributed by atoms with van der Waals surface area (Å²) in [4.78, 5) is 64.9. The minimum atomic E-state index is -1.95. The van der Waals surface area contributed by atoms with Gasteiger partial charge in [0, 0.05) is 58.1 Å². The zero-order valence-corrected chi connectivity index (χ0v) is 45.3. The Bertz CT molecular complexity index is 1850. The van der Waals surface area contributed by atoms with Crippen molar-refractivity contribution in [3.63, 3.8) is 0 Å². The number of aliphatic hydroxyl groups is 13. The fourth-order valence-corrected chi connectivity index (χ4v) is 9.35. The summed E-state index contributed by atoms with van der Waals surface area (Å²) in [6.45, 7) is 0.597. The molecule has 3 aliphatic heterocycles. The van der Waals surface area contributed by atoms with Crippen LogP contribution in [0.25, 0.3) is 0 Å². The number of nitrogens with one attached hydrogen (secondary N) is 5. The minimum Gasteiger partial charge on any atom is -0.396 e. The zero-order valence-electron chi connectivity index (χ0n) is 45.3. The summed E-state index contributed by atoms with van der Waals surface area (Å²) in [6.07, 6.45) is -26.0. The van der Waals surface area contributed by atoms with E-state index in [4.69, 9.17) is 33.2 Å². The van der Waals surface area contributed by atoms with Crippen LogP contribution in [0, 0.1) is 5.92 Å². The molecule has 18 N–H and O–H groups in total. The molecule has 31 heteroatoms. The average molecular weight is 1160 g/mol. The summed E-state index contributed by atoms with van der Waals surface area (Å²) < 4.78 is 39.3. The summed E-state index contributed by atoms with van der Waals surface area (Å²) in [5.74, 6) is -2.89. The third-order valence-electron chi connectivity index (χ3n) is 14.1. The molecule has 0 aromatic rings. The summed E-state index contributed by atoms with van der Waals surface area (Å²) in [5.41, 5.74) is 0. The molecule has 0 spiro atoms. The maximum absolute atomic E-state index is 13.3. The van der Waals surface area contributed by atoms with Gasteiger partial charge >= 0.3 is 0 Å². The van der Waals surface area contributed by atoms with Crippen molar-refractivity contribution in [2.45, 2.75) is 188 Å². The molecule has 464 valence electrons. The third kappa shape index (κ3) is 21.6. The molecule has 3 saturated heterocycles. The molecular weight excluding hydrogens is 1070 g/mol. The molecule has 0 radical (unpaired) electrons. The van der Waals surface area contributed by atoms with Gasteiger partial charge in [-0.15, -0.1) is 0 Å². The van der Waals surface area contributed by atoms with Crippen LogP contribution in [0.4, 0.5) is 0 Å². The maximum atomic E-state index is 13.3. The lowest BCUT2D eigenvalue weighted by molar-refractivity contribution is -0.361. The van der Waals surface area contributed by atoms with Crippen molar-refractivity contribution >= 4 is 29.5 Å². The number of aliphatic hydroxyl groups excluding tert-OH is 13. The first-order valence-corrected chi connectivity index (χ1v) is 27.3. The van der Waals surface area contributed by atoms with Crippen molar-refractivity contribution in [3.8, 4) is 0 Å². The first-order chi connectivity index (χ1) is 38.1. The van der Waals surface area contributed by atoms with E-state index in [2.05, 4.69) is 26.6 Å². The Kier molecular flexibility index (Phi) is 30.7. The predicted octanol–water partition coefficient (Wildman–Crippen LogP) is -9.02. The Labute approximate surface area is 463 Å². The SMILES string of the molecule is CCNC(=O)CCCCCNC(=O)CN(CC(=O)NCCCCCC(=O)NCCO[C@@H]1O[C@@H](C)[C@@H](O)[C@@H](O)[C@@H]1O)CC(=O)NCCO[C@H]1O[C@H](CO[C@H]2C[C@H](CO)[C@@H](O)[C@H](O)[C@@H]2O)[C@@H](O)[C@H](O[C@H]2O[C@H](CO)[C@@H](O)[C@H](O)[C@@H]2O)[C@@H]1O. The lowest BCUT2D eigenvalue weighted by atomic mass is 9.81. The van der Waals surface area contributed by atoms with E-state index in [9.17, 15) is 90.4 Å². The Balaban J connectivity index is 1.29. The van der Waals surface area contributed by atoms with Crippen LogP contribution in [0.15, 0.2) is 0 Å². The van der Waals surface area contributed by atoms with Crippen LogP contribution in [-0.2, 0) is 57.1 Å². The van der Waals surface area contributed by atoms with Crippen LogP contribution in [0.3, 0.4) is 0 Å². The van der Waals surface area contributed by atoms with E-state index >= 15 is 0 Å². The highest BCUT2D eigenvalue weighted by Crippen LogP contribution is 2.32. The van der Waals surface area contributed by atoms with Gasteiger partial charge in [0.15, 0.2) is 18.9 Å². The second-order valence-electron chi connectivity index (χ2n) is 20.4. The number of nitrogens with zero attached hydrogens (tertiary/aromatic N) is 1. The Morgan fingerprint density at radius 3 is 1.51 bits per heavy atom. The zero-order chi connectivity index (χ0) is 59.1. The standard InChI is InChI=1S/C49H88N6O25/c1-3-50-30(58)10-6-4-8-12-51-32(60)19-55(20-33(61)52-13-9-5-7-11-31(59)53-14-16-74-47-43(71)40(68)35(63)25(2)77-47)21-34(62)54-15-17-75-48-45(73)46(80-49-44(72)42(70)38(66)28(23-57)78-49)39(67)29(79-48)24-76-27-18-26(22-56)36(64)41(69)37(27)65/h25-29,35-49,56-57,63-73H,3-24H2,1-2H3,(H,50,58)(H,51,60)(H,52,61)(H,53,59)(H,54,62)/t25-,26+,27-,28+,29+,35+,36+,37+,38+,39+,40+,41-,42-,43-,44-,45-,46-,47+,48-,49+/m0/s1. The van der Waals surface area contributed by atoms with Crippen molar-refractivity contribution in [2.24, 2.45) is 5.92 Å². The Morgan fingerprint density at radius 2 is 0.963 bits per heavy atom. The molecule has 31 nitrogen and oxygen atoms in total. The van der Waals surface area contributed by atoms with Crippen molar-refractivity contribution < 1.29 is 124 Å². The van der Waals surface area contributed by atoms with E-state index in [1.54, 1.807) is 0 Å². The molecule has 1 aliphatic carbocycles. The van der Waals surface area contributed by atoms with Gasteiger partial charge in [0.2, 0.25) is 29.5 Å². The molecule has 1 saturated carbocycles. The molecule has 4 rings (SSSR count). The minimum absolute atomic E-state index is 0.0289. The number of unbranched alkanes of at least 4 members (excludes halogenated alkanes) is 4. The largest absolute Gasteiger partial charge is 0.396 e. The number of amides is 5. The van der Waals surface area contributed by atoms with E-state index in [1.165, 1.54) is 11.8 Å². The van der Waals surface area contributed by atoms with Gasteiger partial charge in [-0.25, -0.2) is 0 Å². The fourth-order valence-electron chi connectivity index (χ4n) is 9.35. The monoisotopic (exact) mass is 1160 g/mol. The molecule has 3 heterocycles. The van der Waals surface area contributed by atoms with Gasteiger partial charge in [-0.1, -0.05) is 12.8 Å². The second-order valence-corrected chi connectivity index (χ2v) is 20.4. The summed E-state index contributed by atoms with van der Waals surface area (Å²) in [6, 6.07) is 0. The maximum Gasteiger partial charge on any atom is 0.234 e. The normalized spacial score (nSPS) is 34.6. The van der Waals surface area contributed by atoms with Gasteiger partial charge < -0.3 is 126 Å². The van der Waals surface area contributed by atoms with Crippen LogP contribution in [0.1, 0.15) is 71.6 Å². The third-order valence-corrected chi connectivity index (χ3v) is 14.1. The first-order valence-electron chi connectivity index (χ1n) is 27.3. The topological polar surface area (TPSA) is 476 Å². The molecule has 0 aromatic carbocycles.